The van der Waals surface area contributed by atoms with E-state index in [1.54, 1.807) is 6.92 Å². The molecule has 2 amide bonds. The Kier molecular flexibility index (Phi) is 6.86. The van der Waals surface area contributed by atoms with E-state index in [1.165, 1.54) is 0 Å². The molecule has 0 spiro atoms. The van der Waals surface area contributed by atoms with Gasteiger partial charge in [-0.2, -0.15) is 0 Å². The first-order valence-corrected chi connectivity index (χ1v) is 6.18. The number of urea groups is 1. The Balaban J connectivity index is 2.06. The lowest BCUT2D eigenvalue weighted by Gasteiger charge is -2.08. The molecule has 1 aromatic rings. The molecule has 0 radical (unpaired) electrons. The van der Waals surface area contributed by atoms with Gasteiger partial charge in [-0.05, 0) is 19.1 Å². The summed E-state index contributed by atoms with van der Waals surface area (Å²) in [5, 5.41) is 8.19. The average Bonchev–Trinajstić information content (AvgIpc) is 2.43. The monoisotopic (exact) mass is 265 g/mol. The molecule has 0 aliphatic carbocycles. The van der Waals surface area contributed by atoms with Crippen molar-refractivity contribution in [3.63, 3.8) is 0 Å². The zero-order valence-corrected chi connectivity index (χ0v) is 10.9. The first kappa shape index (κ1) is 14.8. The highest BCUT2D eigenvalue weighted by atomic mass is 16.5. The molecule has 0 aromatic heterocycles. The molecule has 1 aromatic carbocycles. The third-order valence-corrected chi connectivity index (χ3v) is 2.21. The number of esters is 1. The maximum absolute atomic E-state index is 11.3. The molecule has 0 heterocycles. The van der Waals surface area contributed by atoms with Crippen molar-refractivity contribution in [2.75, 3.05) is 31.6 Å². The van der Waals surface area contributed by atoms with E-state index in [0.29, 0.717) is 19.7 Å². The molecule has 104 valence electrons. The van der Waals surface area contributed by atoms with Gasteiger partial charge in [0, 0.05) is 18.8 Å². The lowest BCUT2D eigenvalue weighted by molar-refractivity contribution is -0.141. The van der Waals surface area contributed by atoms with Crippen molar-refractivity contribution in [2.45, 2.75) is 6.92 Å². The molecule has 0 fully saturated rings. The molecule has 0 aliphatic heterocycles. The van der Waals surface area contributed by atoms with Crippen molar-refractivity contribution in [1.82, 2.24) is 10.6 Å². The standard InChI is InChI=1S/C13H19N3O3/c1-2-19-12(17)10-16-13(18)15-9-8-14-11-6-4-3-5-7-11/h3-7,14H,2,8-10H2,1H3,(H2,15,16,18). The van der Waals surface area contributed by atoms with Crippen LogP contribution in [0.1, 0.15) is 6.92 Å². The van der Waals surface area contributed by atoms with Crippen LogP contribution in [0.4, 0.5) is 10.5 Å². The molecule has 0 aliphatic rings. The fraction of sp³-hybridized carbons (Fsp3) is 0.385. The Morgan fingerprint density at radius 3 is 2.53 bits per heavy atom. The summed E-state index contributed by atoms with van der Waals surface area (Å²) >= 11 is 0. The second-order valence-electron chi connectivity index (χ2n) is 3.71. The number of para-hydroxylation sites is 1. The molecule has 0 saturated carbocycles. The van der Waals surface area contributed by atoms with Crippen LogP contribution >= 0.6 is 0 Å². The van der Waals surface area contributed by atoms with Gasteiger partial charge in [0.05, 0.1) is 6.61 Å². The van der Waals surface area contributed by atoms with Gasteiger partial charge >= 0.3 is 12.0 Å². The summed E-state index contributed by atoms with van der Waals surface area (Å²) < 4.78 is 4.68. The number of carbonyl (C=O) groups excluding carboxylic acids is 2. The smallest absolute Gasteiger partial charge is 0.325 e. The minimum absolute atomic E-state index is 0.119. The predicted octanol–water partition coefficient (Wildman–Crippen LogP) is 0.961. The normalized spacial score (nSPS) is 9.53. The van der Waals surface area contributed by atoms with E-state index < -0.39 is 5.97 Å². The Hall–Kier alpha value is -2.24. The number of nitrogens with one attached hydrogen (secondary N) is 3. The molecule has 6 nitrogen and oxygen atoms in total. The first-order chi connectivity index (χ1) is 9.22. The first-order valence-electron chi connectivity index (χ1n) is 6.18. The van der Waals surface area contributed by atoms with Crippen molar-refractivity contribution < 1.29 is 14.3 Å². The summed E-state index contributed by atoms with van der Waals surface area (Å²) in [6, 6.07) is 9.31. The van der Waals surface area contributed by atoms with E-state index in [4.69, 9.17) is 0 Å². The van der Waals surface area contributed by atoms with Gasteiger partial charge in [0.25, 0.3) is 0 Å². The molecule has 0 bridgehead atoms. The van der Waals surface area contributed by atoms with E-state index >= 15 is 0 Å². The number of rotatable bonds is 7. The highest BCUT2D eigenvalue weighted by molar-refractivity contribution is 5.80. The quantitative estimate of drug-likeness (QED) is 0.507. The number of carbonyl (C=O) groups is 2. The molecule has 6 heteroatoms. The maximum atomic E-state index is 11.3. The van der Waals surface area contributed by atoms with Crippen LogP contribution in [0.3, 0.4) is 0 Å². The maximum Gasteiger partial charge on any atom is 0.325 e. The van der Waals surface area contributed by atoms with Gasteiger partial charge in [0.2, 0.25) is 0 Å². The van der Waals surface area contributed by atoms with Crippen molar-refractivity contribution in [1.29, 1.82) is 0 Å². The number of benzene rings is 1. The van der Waals surface area contributed by atoms with Crippen LogP contribution in [-0.2, 0) is 9.53 Å². The number of hydrogen-bond donors (Lipinski definition) is 3. The van der Waals surface area contributed by atoms with Crippen LogP contribution in [0.25, 0.3) is 0 Å². The van der Waals surface area contributed by atoms with Crippen LogP contribution < -0.4 is 16.0 Å². The van der Waals surface area contributed by atoms with Crippen LogP contribution in [-0.4, -0.2) is 38.2 Å². The summed E-state index contributed by atoms with van der Waals surface area (Å²) in [6.45, 7) is 2.97. The van der Waals surface area contributed by atoms with Crippen LogP contribution in [0.15, 0.2) is 30.3 Å². The Labute approximate surface area is 112 Å². The summed E-state index contributed by atoms with van der Waals surface area (Å²) in [6.07, 6.45) is 0. The highest BCUT2D eigenvalue weighted by Crippen LogP contribution is 2.03. The summed E-state index contributed by atoms with van der Waals surface area (Å²) in [5.41, 5.74) is 0.997. The summed E-state index contributed by atoms with van der Waals surface area (Å²) in [7, 11) is 0. The van der Waals surface area contributed by atoms with Gasteiger partial charge in [0.15, 0.2) is 0 Å². The molecule has 0 saturated heterocycles. The number of hydrogen-bond acceptors (Lipinski definition) is 4. The number of anilines is 1. The SMILES string of the molecule is CCOC(=O)CNC(=O)NCCNc1ccccc1. The van der Waals surface area contributed by atoms with E-state index in [9.17, 15) is 9.59 Å². The van der Waals surface area contributed by atoms with Crippen molar-refractivity contribution in [3.05, 3.63) is 30.3 Å². The van der Waals surface area contributed by atoms with E-state index in [2.05, 4.69) is 20.7 Å². The molecular formula is C13H19N3O3. The van der Waals surface area contributed by atoms with Gasteiger partial charge in [-0.3, -0.25) is 4.79 Å². The molecule has 3 N–H and O–H groups in total. The molecule has 0 atom stereocenters. The summed E-state index contributed by atoms with van der Waals surface area (Å²) in [5.74, 6) is -0.444. The zero-order chi connectivity index (χ0) is 13.9. The van der Waals surface area contributed by atoms with Crippen LogP contribution in [0.5, 0.6) is 0 Å². The fourth-order valence-electron chi connectivity index (χ4n) is 1.37. The number of amides is 2. The summed E-state index contributed by atoms with van der Waals surface area (Å²) in [4.78, 5) is 22.3. The Bertz CT molecular complexity index is 395. The van der Waals surface area contributed by atoms with E-state index in [1.807, 2.05) is 30.3 Å². The lowest BCUT2D eigenvalue weighted by atomic mass is 10.3. The minimum Gasteiger partial charge on any atom is -0.465 e. The third kappa shape index (κ3) is 6.92. The number of ether oxygens (including phenoxy) is 1. The zero-order valence-electron chi connectivity index (χ0n) is 10.9. The second-order valence-corrected chi connectivity index (χ2v) is 3.71. The minimum atomic E-state index is -0.444. The third-order valence-electron chi connectivity index (χ3n) is 2.21. The van der Waals surface area contributed by atoms with Crippen molar-refractivity contribution in [3.8, 4) is 0 Å². The van der Waals surface area contributed by atoms with Gasteiger partial charge in [-0.25, -0.2) is 4.79 Å². The van der Waals surface area contributed by atoms with Gasteiger partial charge < -0.3 is 20.7 Å². The Morgan fingerprint density at radius 1 is 1.11 bits per heavy atom. The molecular weight excluding hydrogens is 246 g/mol. The molecule has 0 unspecified atom stereocenters. The Morgan fingerprint density at radius 2 is 1.84 bits per heavy atom. The van der Waals surface area contributed by atoms with Crippen LogP contribution in [0.2, 0.25) is 0 Å². The topological polar surface area (TPSA) is 79.5 Å². The lowest BCUT2D eigenvalue weighted by Crippen LogP contribution is -2.40. The predicted molar refractivity (Wildman–Crippen MR) is 73.0 cm³/mol. The van der Waals surface area contributed by atoms with Gasteiger partial charge in [-0.1, -0.05) is 18.2 Å². The molecule has 1 rings (SSSR count). The van der Waals surface area contributed by atoms with Crippen LogP contribution in [0, 0.1) is 0 Å². The largest absolute Gasteiger partial charge is 0.465 e. The van der Waals surface area contributed by atoms with Crippen molar-refractivity contribution >= 4 is 17.7 Å². The van der Waals surface area contributed by atoms with E-state index in [0.717, 1.165) is 5.69 Å². The van der Waals surface area contributed by atoms with Gasteiger partial charge in [-0.15, -0.1) is 0 Å². The van der Waals surface area contributed by atoms with Crippen molar-refractivity contribution in [2.24, 2.45) is 0 Å². The average molecular weight is 265 g/mol. The fourth-order valence-corrected chi connectivity index (χ4v) is 1.37. The van der Waals surface area contributed by atoms with Gasteiger partial charge in [0.1, 0.15) is 6.54 Å². The van der Waals surface area contributed by atoms with E-state index in [-0.39, 0.29) is 12.6 Å². The molecule has 19 heavy (non-hydrogen) atoms. The second kappa shape index (κ2) is 8.79. The highest BCUT2D eigenvalue weighted by Gasteiger charge is 2.04.